The van der Waals surface area contributed by atoms with Gasteiger partial charge in [-0.25, -0.2) is 4.39 Å². The van der Waals surface area contributed by atoms with Crippen LogP contribution in [0.1, 0.15) is 19.3 Å². The van der Waals surface area contributed by atoms with Crippen LogP contribution in [0.15, 0.2) is 0 Å². The van der Waals surface area contributed by atoms with Crippen LogP contribution in [-0.4, -0.2) is 11.5 Å². The van der Waals surface area contributed by atoms with Crippen LogP contribution in [0.4, 0.5) is 4.39 Å². The van der Waals surface area contributed by atoms with Gasteiger partial charge >= 0.3 is 0 Å². The second-order valence-corrected chi connectivity index (χ2v) is 3.28. The fourth-order valence-corrected chi connectivity index (χ4v) is 1.53. The number of nitrogens with zero attached hydrogens (tertiary/aromatic N) is 1. The Hall–Kier alpha value is -0.290. The lowest BCUT2D eigenvalue weighted by molar-refractivity contribution is 0.206. The molecule has 0 aliphatic heterocycles. The first-order valence-corrected chi connectivity index (χ1v) is 3.85. The molecule has 0 bridgehead atoms. The van der Waals surface area contributed by atoms with Gasteiger partial charge in [-0.1, -0.05) is 0 Å². The van der Waals surface area contributed by atoms with Crippen LogP contribution >= 0.6 is 11.6 Å². The Morgan fingerprint density at radius 2 is 2.20 bits per heavy atom. The molecule has 0 spiro atoms. The molecule has 0 aromatic rings. The third-order valence-electron chi connectivity index (χ3n) is 1.87. The fourth-order valence-electron chi connectivity index (χ4n) is 1.22. The molecule has 1 rings (SSSR count). The van der Waals surface area contributed by atoms with E-state index in [0.29, 0.717) is 19.3 Å². The van der Waals surface area contributed by atoms with Gasteiger partial charge in [0.1, 0.15) is 6.17 Å². The molecule has 1 saturated carbocycles. The Kier molecular flexibility index (Phi) is 2.50. The Labute approximate surface area is 64.8 Å². The lowest BCUT2D eigenvalue weighted by atomic mass is 9.88. The van der Waals surface area contributed by atoms with Gasteiger partial charge in [0, 0.05) is 5.38 Å². The number of alkyl halides is 2. The summed E-state index contributed by atoms with van der Waals surface area (Å²) < 4.78 is 12.7. The Morgan fingerprint density at radius 3 is 2.70 bits per heavy atom. The van der Waals surface area contributed by atoms with Crippen LogP contribution in [-0.2, 0) is 0 Å². The first kappa shape index (κ1) is 7.81. The normalized spacial score (nSPS) is 40.7. The van der Waals surface area contributed by atoms with Crippen molar-refractivity contribution in [3.05, 3.63) is 0 Å². The van der Waals surface area contributed by atoms with E-state index in [1.807, 2.05) is 6.07 Å². The van der Waals surface area contributed by atoms with E-state index in [0.717, 1.165) is 0 Å². The minimum Gasteiger partial charge on any atom is -0.246 e. The molecule has 0 N–H and O–H groups in total. The van der Waals surface area contributed by atoms with Crippen molar-refractivity contribution in [2.45, 2.75) is 30.8 Å². The quantitative estimate of drug-likeness (QED) is 0.500. The average molecular weight is 162 g/mol. The summed E-state index contributed by atoms with van der Waals surface area (Å²) in [5, 5.41) is 8.44. The van der Waals surface area contributed by atoms with Crippen molar-refractivity contribution in [3.63, 3.8) is 0 Å². The Morgan fingerprint density at radius 1 is 1.50 bits per heavy atom. The summed E-state index contributed by atoms with van der Waals surface area (Å²) in [6.45, 7) is 0. The van der Waals surface area contributed by atoms with E-state index < -0.39 is 12.1 Å². The summed E-state index contributed by atoms with van der Waals surface area (Å²) in [7, 11) is 0. The summed E-state index contributed by atoms with van der Waals surface area (Å²) in [5.41, 5.74) is 0. The van der Waals surface area contributed by atoms with Crippen LogP contribution in [0.3, 0.4) is 0 Å². The molecule has 0 radical (unpaired) electrons. The summed E-state index contributed by atoms with van der Waals surface area (Å²) in [4.78, 5) is 0. The van der Waals surface area contributed by atoms with Gasteiger partial charge in [0.2, 0.25) is 0 Å². The van der Waals surface area contributed by atoms with Crippen molar-refractivity contribution in [1.29, 1.82) is 5.26 Å². The van der Waals surface area contributed by atoms with E-state index in [1.165, 1.54) is 0 Å². The molecule has 0 heterocycles. The number of rotatable bonds is 0. The van der Waals surface area contributed by atoms with Gasteiger partial charge in [-0.2, -0.15) is 5.26 Å². The van der Waals surface area contributed by atoms with Gasteiger partial charge < -0.3 is 0 Å². The maximum Gasteiger partial charge on any atom is 0.116 e. The second-order valence-electron chi connectivity index (χ2n) is 2.66. The van der Waals surface area contributed by atoms with E-state index in [4.69, 9.17) is 16.9 Å². The maximum atomic E-state index is 12.7. The molecule has 0 aromatic carbocycles. The van der Waals surface area contributed by atoms with Crippen molar-refractivity contribution in [2.24, 2.45) is 5.92 Å². The molecule has 0 saturated heterocycles. The molecule has 3 atom stereocenters. The number of hydrogen-bond donors (Lipinski definition) is 0. The smallest absolute Gasteiger partial charge is 0.116 e. The van der Waals surface area contributed by atoms with Gasteiger partial charge in [0.05, 0.1) is 12.0 Å². The predicted molar refractivity (Wildman–Crippen MR) is 37.5 cm³/mol. The standard InChI is InChI=1S/C7H9ClFN/c8-6-1-2-7(9)5(3-6)4-10/h5-7H,1-3H2. The van der Waals surface area contributed by atoms with Crippen LogP contribution < -0.4 is 0 Å². The van der Waals surface area contributed by atoms with E-state index in [2.05, 4.69) is 0 Å². The highest BCUT2D eigenvalue weighted by Crippen LogP contribution is 2.29. The summed E-state index contributed by atoms with van der Waals surface area (Å²) in [5.74, 6) is -0.462. The monoisotopic (exact) mass is 161 g/mol. The fraction of sp³-hybridized carbons (Fsp3) is 0.857. The molecule has 1 fully saturated rings. The van der Waals surface area contributed by atoms with Crippen molar-refractivity contribution in [3.8, 4) is 6.07 Å². The van der Waals surface area contributed by atoms with Crippen molar-refractivity contribution in [1.82, 2.24) is 0 Å². The first-order chi connectivity index (χ1) is 4.74. The van der Waals surface area contributed by atoms with Gasteiger partial charge in [-0.3, -0.25) is 0 Å². The number of hydrogen-bond acceptors (Lipinski definition) is 1. The minimum atomic E-state index is -0.944. The molecule has 1 aliphatic rings. The van der Waals surface area contributed by atoms with Crippen LogP contribution in [0.2, 0.25) is 0 Å². The third-order valence-corrected chi connectivity index (χ3v) is 2.26. The van der Waals surface area contributed by atoms with Gasteiger partial charge in [0.15, 0.2) is 0 Å². The molecule has 0 aromatic heterocycles. The second kappa shape index (κ2) is 3.21. The van der Waals surface area contributed by atoms with Crippen molar-refractivity contribution in [2.75, 3.05) is 0 Å². The SMILES string of the molecule is N#CC1CC(Cl)CCC1F. The highest BCUT2D eigenvalue weighted by molar-refractivity contribution is 6.20. The zero-order chi connectivity index (χ0) is 7.56. The number of nitriles is 1. The maximum absolute atomic E-state index is 12.7. The van der Waals surface area contributed by atoms with E-state index >= 15 is 0 Å². The van der Waals surface area contributed by atoms with Crippen LogP contribution in [0.5, 0.6) is 0 Å². The summed E-state index contributed by atoms with van der Waals surface area (Å²) in [6, 6.07) is 1.92. The third kappa shape index (κ3) is 1.60. The van der Waals surface area contributed by atoms with Gasteiger partial charge in [0.25, 0.3) is 0 Å². The molecule has 3 unspecified atom stereocenters. The molecule has 3 heteroatoms. The zero-order valence-electron chi connectivity index (χ0n) is 5.56. The molecule has 1 aliphatic carbocycles. The highest BCUT2D eigenvalue weighted by atomic mass is 35.5. The van der Waals surface area contributed by atoms with Gasteiger partial charge in [-0.05, 0) is 19.3 Å². The molecule has 10 heavy (non-hydrogen) atoms. The van der Waals surface area contributed by atoms with Gasteiger partial charge in [-0.15, -0.1) is 11.6 Å². The zero-order valence-corrected chi connectivity index (χ0v) is 6.31. The number of halogens is 2. The summed E-state index contributed by atoms with van der Waals surface area (Å²) in [6.07, 6.45) is 0.729. The Bertz CT molecular complexity index is 154. The lowest BCUT2D eigenvalue weighted by Crippen LogP contribution is -2.25. The molecular weight excluding hydrogens is 153 g/mol. The molecule has 56 valence electrons. The molecule has 0 amide bonds. The first-order valence-electron chi connectivity index (χ1n) is 3.42. The van der Waals surface area contributed by atoms with Crippen LogP contribution in [0.25, 0.3) is 0 Å². The van der Waals surface area contributed by atoms with E-state index in [9.17, 15) is 4.39 Å². The Balaban J connectivity index is 2.47. The minimum absolute atomic E-state index is 0.0108. The largest absolute Gasteiger partial charge is 0.246 e. The predicted octanol–water partition coefficient (Wildman–Crippen LogP) is 2.26. The molecule has 1 nitrogen and oxygen atoms in total. The molecular formula is C7H9ClFN. The van der Waals surface area contributed by atoms with E-state index in [1.54, 1.807) is 0 Å². The average Bonchev–Trinajstić information content (AvgIpc) is 1.94. The topological polar surface area (TPSA) is 23.8 Å². The van der Waals surface area contributed by atoms with Crippen molar-refractivity contribution >= 4 is 11.6 Å². The highest BCUT2D eigenvalue weighted by Gasteiger charge is 2.29. The van der Waals surface area contributed by atoms with Crippen LogP contribution in [0, 0.1) is 17.2 Å². The van der Waals surface area contributed by atoms with Crippen molar-refractivity contribution < 1.29 is 4.39 Å². The van der Waals surface area contributed by atoms with E-state index in [-0.39, 0.29) is 5.38 Å². The summed E-state index contributed by atoms with van der Waals surface area (Å²) >= 11 is 5.74. The lowest BCUT2D eigenvalue weighted by Gasteiger charge is -2.23.